The van der Waals surface area contributed by atoms with Crippen molar-refractivity contribution in [1.82, 2.24) is 0 Å². The zero-order valence-electron chi connectivity index (χ0n) is 11.2. The predicted molar refractivity (Wildman–Crippen MR) is 83.5 cm³/mol. The normalized spacial score (nSPS) is 23.9. The molecule has 0 bridgehead atoms. The van der Waals surface area contributed by atoms with Gasteiger partial charge >= 0.3 is 0 Å². The van der Waals surface area contributed by atoms with Gasteiger partial charge in [0.15, 0.2) is 0 Å². The summed E-state index contributed by atoms with van der Waals surface area (Å²) >= 11 is 7.47. The zero-order valence-corrected chi connectivity index (χ0v) is 14.3. The van der Waals surface area contributed by atoms with E-state index in [4.69, 9.17) is 4.74 Å². The first-order valence-electron chi connectivity index (χ1n) is 6.43. The number of rotatable bonds is 3. The summed E-state index contributed by atoms with van der Waals surface area (Å²) in [5, 5.41) is 0. The number of benzene rings is 1. The first-order valence-corrected chi connectivity index (χ1v) is 8.14. The van der Waals surface area contributed by atoms with Crippen LogP contribution in [0.4, 0.5) is 0 Å². The number of hydrogen-bond acceptors (Lipinski definition) is 1. The molecule has 0 N–H and O–H groups in total. The van der Waals surface area contributed by atoms with Gasteiger partial charge in [0.1, 0.15) is 5.75 Å². The van der Waals surface area contributed by atoms with Crippen LogP contribution in [0.1, 0.15) is 43.5 Å². The molecule has 1 saturated carbocycles. The maximum atomic E-state index is 5.28. The highest BCUT2D eigenvalue weighted by Crippen LogP contribution is 2.52. The molecule has 1 fully saturated rings. The average molecular weight is 376 g/mol. The van der Waals surface area contributed by atoms with Gasteiger partial charge < -0.3 is 4.74 Å². The summed E-state index contributed by atoms with van der Waals surface area (Å²) in [7, 11) is 1.70. The van der Waals surface area contributed by atoms with Crippen LogP contribution in [-0.2, 0) is 0 Å². The van der Waals surface area contributed by atoms with Gasteiger partial charge in [-0.25, -0.2) is 0 Å². The van der Waals surface area contributed by atoms with E-state index in [2.05, 4.69) is 57.8 Å². The maximum absolute atomic E-state index is 5.28. The van der Waals surface area contributed by atoms with E-state index in [1.807, 2.05) is 6.07 Å². The van der Waals surface area contributed by atoms with Gasteiger partial charge in [-0.3, -0.25) is 0 Å². The van der Waals surface area contributed by atoms with Gasteiger partial charge in [-0.2, -0.15) is 0 Å². The largest absolute Gasteiger partial charge is 0.496 e. The predicted octanol–water partition coefficient (Wildman–Crippen LogP) is 5.72. The molecule has 100 valence electrons. The van der Waals surface area contributed by atoms with Crippen molar-refractivity contribution in [1.29, 1.82) is 0 Å². The Bertz CT molecular complexity index is 429. The van der Waals surface area contributed by atoms with Gasteiger partial charge in [-0.15, -0.1) is 0 Å². The molecule has 1 aliphatic rings. The van der Waals surface area contributed by atoms with Crippen molar-refractivity contribution in [3.63, 3.8) is 0 Å². The Balaban J connectivity index is 2.23. The summed E-state index contributed by atoms with van der Waals surface area (Å²) in [6.07, 6.45) is 3.99. The highest BCUT2D eigenvalue weighted by Gasteiger charge is 2.39. The van der Waals surface area contributed by atoms with Crippen molar-refractivity contribution >= 4 is 31.9 Å². The lowest BCUT2D eigenvalue weighted by atomic mass is 9.78. The third-order valence-electron chi connectivity index (χ3n) is 4.19. The van der Waals surface area contributed by atoms with E-state index in [9.17, 15) is 0 Å². The third kappa shape index (κ3) is 2.77. The lowest BCUT2D eigenvalue weighted by Crippen LogP contribution is -2.21. The Morgan fingerprint density at radius 2 is 2.11 bits per heavy atom. The number of hydrogen-bond donors (Lipinski definition) is 0. The lowest BCUT2D eigenvalue weighted by molar-refractivity contribution is 0.257. The van der Waals surface area contributed by atoms with Crippen LogP contribution in [0.5, 0.6) is 5.75 Å². The minimum absolute atomic E-state index is 0.428. The number of methoxy groups -OCH3 is 1. The van der Waals surface area contributed by atoms with Gasteiger partial charge in [0.05, 0.1) is 11.6 Å². The molecule has 2 atom stereocenters. The van der Waals surface area contributed by atoms with Gasteiger partial charge in [0.2, 0.25) is 0 Å². The highest BCUT2D eigenvalue weighted by molar-refractivity contribution is 9.10. The van der Waals surface area contributed by atoms with E-state index < -0.39 is 0 Å². The molecule has 0 aromatic heterocycles. The molecule has 18 heavy (non-hydrogen) atoms. The monoisotopic (exact) mass is 374 g/mol. The van der Waals surface area contributed by atoms with E-state index in [-0.39, 0.29) is 0 Å². The van der Waals surface area contributed by atoms with Crippen LogP contribution in [0.25, 0.3) is 0 Å². The molecular formula is C15H20Br2O. The molecule has 1 nitrogen and oxygen atoms in total. The molecule has 2 unspecified atom stereocenters. The highest BCUT2D eigenvalue weighted by atomic mass is 79.9. The molecule has 0 spiro atoms. The topological polar surface area (TPSA) is 9.23 Å². The Morgan fingerprint density at radius 1 is 1.39 bits per heavy atom. The lowest BCUT2D eigenvalue weighted by Gasteiger charge is -2.31. The van der Waals surface area contributed by atoms with Crippen molar-refractivity contribution in [2.75, 3.05) is 7.11 Å². The quantitative estimate of drug-likeness (QED) is 0.614. The Morgan fingerprint density at radius 3 is 2.61 bits per heavy atom. The molecule has 1 aromatic carbocycles. The fourth-order valence-electron chi connectivity index (χ4n) is 2.98. The maximum Gasteiger partial charge on any atom is 0.133 e. The van der Waals surface area contributed by atoms with Crippen LogP contribution >= 0.6 is 31.9 Å². The van der Waals surface area contributed by atoms with Crippen LogP contribution < -0.4 is 4.74 Å². The molecule has 1 aliphatic carbocycles. The summed E-state index contributed by atoms with van der Waals surface area (Å²) in [5.41, 5.74) is 1.77. The van der Waals surface area contributed by atoms with E-state index in [1.54, 1.807) is 7.11 Å². The Kier molecular flexibility index (Phi) is 4.43. The van der Waals surface area contributed by atoms with Crippen molar-refractivity contribution in [2.45, 2.75) is 37.9 Å². The first-order chi connectivity index (χ1) is 8.45. The molecule has 1 aromatic rings. The van der Waals surface area contributed by atoms with Crippen LogP contribution in [0, 0.1) is 11.3 Å². The fourth-order valence-corrected chi connectivity index (χ4v) is 4.81. The van der Waals surface area contributed by atoms with E-state index in [0.717, 1.165) is 10.2 Å². The molecular weight excluding hydrogens is 356 g/mol. The first kappa shape index (κ1) is 14.4. The van der Waals surface area contributed by atoms with Crippen molar-refractivity contribution in [2.24, 2.45) is 11.3 Å². The van der Waals surface area contributed by atoms with Gasteiger partial charge in [0.25, 0.3) is 0 Å². The summed E-state index contributed by atoms with van der Waals surface area (Å²) in [6, 6.07) is 6.37. The van der Waals surface area contributed by atoms with Crippen LogP contribution in [-0.4, -0.2) is 7.11 Å². The Hall–Kier alpha value is -0.0200. The average Bonchev–Trinajstić information content (AvgIpc) is 2.68. The smallest absolute Gasteiger partial charge is 0.133 e. The minimum atomic E-state index is 0.428. The van der Waals surface area contributed by atoms with Crippen molar-refractivity contribution in [3.05, 3.63) is 28.2 Å². The summed E-state index contributed by atoms with van der Waals surface area (Å²) < 4.78 is 6.31. The minimum Gasteiger partial charge on any atom is -0.496 e. The SMILES string of the molecule is COc1ccc(C(Br)C2CCCC2(C)C)cc1Br. The van der Waals surface area contributed by atoms with Crippen LogP contribution in [0.3, 0.4) is 0 Å². The molecule has 0 radical (unpaired) electrons. The fraction of sp³-hybridized carbons (Fsp3) is 0.600. The summed E-state index contributed by atoms with van der Waals surface area (Å²) in [4.78, 5) is 0.428. The molecule has 0 aliphatic heterocycles. The van der Waals surface area contributed by atoms with E-state index in [1.165, 1.54) is 24.8 Å². The van der Waals surface area contributed by atoms with Crippen molar-refractivity contribution in [3.8, 4) is 5.75 Å². The zero-order chi connectivity index (χ0) is 13.3. The molecule has 0 amide bonds. The van der Waals surface area contributed by atoms with Crippen molar-refractivity contribution < 1.29 is 4.74 Å². The van der Waals surface area contributed by atoms with Gasteiger partial charge in [-0.05, 0) is 57.8 Å². The van der Waals surface area contributed by atoms with Crippen LogP contribution in [0.2, 0.25) is 0 Å². The Labute approximate surface area is 127 Å². The molecule has 2 rings (SSSR count). The van der Waals surface area contributed by atoms with E-state index in [0.29, 0.717) is 16.2 Å². The number of halogens is 2. The van der Waals surface area contributed by atoms with E-state index >= 15 is 0 Å². The van der Waals surface area contributed by atoms with Gasteiger partial charge in [-0.1, -0.05) is 42.3 Å². The molecule has 3 heteroatoms. The molecule has 0 saturated heterocycles. The molecule has 0 heterocycles. The van der Waals surface area contributed by atoms with Gasteiger partial charge in [0, 0.05) is 4.83 Å². The second kappa shape index (κ2) is 5.54. The second-order valence-electron chi connectivity index (χ2n) is 5.78. The third-order valence-corrected chi connectivity index (χ3v) is 5.97. The standard InChI is InChI=1S/C15H20Br2O/c1-15(2)8-4-5-11(15)14(17)10-6-7-13(18-3)12(16)9-10/h6-7,9,11,14H,4-5,8H2,1-3H3. The second-order valence-corrected chi connectivity index (χ2v) is 7.62. The summed E-state index contributed by atoms with van der Waals surface area (Å²) in [6.45, 7) is 4.77. The van der Waals surface area contributed by atoms with Crippen LogP contribution in [0.15, 0.2) is 22.7 Å². The summed E-state index contributed by atoms with van der Waals surface area (Å²) in [5.74, 6) is 1.60. The number of ether oxygens (including phenoxy) is 1. The number of alkyl halides is 1.